The first kappa shape index (κ1) is 8.79. The van der Waals surface area contributed by atoms with E-state index in [-0.39, 0.29) is 0 Å². The summed E-state index contributed by atoms with van der Waals surface area (Å²) in [7, 11) is 0. The van der Waals surface area contributed by atoms with Crippen LogP contribution in [0.1, 0.15) is 25.7 Å². The minimum atomic E-state index is 0.884. The molecule has 0 aromatic heterocycles. The molecule has 1 fully saturated rings. The van der Waals surface area contributed by atoms with Gasteiger partial charge in [0.25, 0.3) is 0 Å². The zero-order valence-corrected chi connectivity index (χ0v) is 8.08. The van der Waals surface area contributed by atoms with E-state index in [1.807, 2.05) is 0 Å². The Morgan fingerprint density at radius 2 is 1.50 bits per heavy atom. The maximum absolute atomic E-state index is 4.32. The summed E-state index contributed by atoms with van der Waals surface area (Å²) < 4.78 is 0. The highest BCUT2D eigenvalue weighted by Gasteiger charge is 2.19. The van der Waals surface area contributed by atoms with Gasteiger partial charge in [-0.1, -0.05) is 6.42 Å². The normalized spacial score (nSPS) is 34.2. The molecule has 0 radical (unpaired) electrons. The van der Waals surface area contributed by atoms with Crippen LogP contribution in [0.4, 0.5) is 0 Å². The largest absolute Gasteiger partial charge is 0.179 e. The van der Waals surface area contributed by atoms with Crippen molar-refractivity contribution in [3.05, 3.63) is 0 Å². The van der Waals surface area contributed by atoms with E-state index in [4.69, 9.17) is 0 Å². The summed E-state index contributed by atoms with van der Waals surface area (Å²) >= 11 is 8.64. The Bertz CT molecular complexity index is 83.3. The predicted octanol–water partition coefficient (Wildman–Crippen LogP) is 2.65. The van der Waals surface area contributed by atoms with Crippen molar-refractivity contribution < 1.29 is 0 Å². The average Bonchev–Trinajstić information content (AvgIpc) is 2.05. The minimum absolute atomic E-state index is 0.884. The molecule has 60 valence electrons. The fourth-order valence-electron chi connectivity index (χ4n) is 1.73. The second-order valence-electron chi connectivity index (χ2n) is 3.26. The zero-order chi connectivity index (χ0) is 7.40. The van der Waals surface area contributed by atoms with Crippen LogP contribution in [0.25, 0.3) is 0 Å². The van der Waals surface area contributed by atoms with E-state index >= 15 is 0 Å². The Labute approximate surface area is 74.6 Å². The molecule has 1 aliphatic rings. The van der Waals surface area contributed by atoms with Gasteiger partial charge in [-0.25, -0.2) is 0 Å². The van der Waals surface area contributed by atoms with Gasteiger partial charge in [-0.05, 0) is 42.6 Å². The maximum Gasteiger partial charge on any atom is -0.00694 e. The molecule has 2 heteroatoms. The van der Waals surface area contributed by atoms with Crippen molar-refractivity contribution in [3.8, 4) is 0 Å². The van der Waals surface area contributed by atoms with Crippen LogP contribution in [0.3, 0.4) is 0 Å². The fourth-order valence-corrected chi connectivity index (χ4v) is 2.40. The molecular formula is C8H16S2. The molecule has 0 aliphatic heterocycles. The molecule has 0 bridgehead atoms. The van der Waals surface area contributed by atoms with Gasteiger partial charge in [0.1, 0.15) is 0 Å². The quantitative estimate of drug-likeness (QED) is 0.594. The zero-order valence-electron chi connectivity index (χ0n) is 6.29. The molecule has 0 unspecified atom stereocenters. The maximum atomic E-state index is 4.32. The van der Waals surface area contributed by atoms with E-state index in [9.17, 15) is 0 Å². The van der Waals surface area contributed by atoms with E-state index in [1.54, 1.807) is 0 Å². The number of rotatable bonds is 2. The number of hydrogen-bond acceptors (Lipinski definition) is 2. The van der Waals surface area contributed by atoms with Gasteiger partial charge in [-0.2, -0.15) is 25.3 Å². The van der Waals surface area contributed by atoms with Gasteiger partial charge in [0.15, 0.2) is 0 Å². The van der Waals surface area contributed by atoms with Gasteiger partial charge in [0, 0.05) is 0 Å². The molecule has 1 rings (SSSR count). The predicted molar refractivity (Wildman–Crippen MR) is 53.2 cm³/mol. The van der Waals surface area contributed by atoms with Crippen molar-refractivity contribution in [2.24, 2.45) is 11.8 Å². The highest BCUT2D eigenvalue weighted by atomic mass is 32.1. The van der Waals surface area contributed by atoms with Gasteiger partial charge in [0.05, 0.1) is 0 Å². The van der Waals surface area contributed by atoms with E-state index in [2.05, 4.69) is 25.3 Å². The van der Waals surface area contributed by atoms with E-state index in [0.717, 1.165) is 23.3 Å². The van der Waals surface area contributed by atoms with Crippen molar-refractivity contribution in [2.75, 3.05) is 11.5 Å². The molecule has 0 aromatic rings. The third-order valence-corrected chi connectivity index (χ3v) is 3.44. The average molecular weight is 176 g/mol. The smallest absolute Gasteiger partial charge is 0.00694 e. The summed E-state index contributed by atoms with van der Waals surface area (Å²) in [5.41, 5.74) is 0. The van der Waals surface area contributed by atoms with Crippen LogP contribution < -0.4 is 0 Å². The lowest BCUT2D eigenvalue weighted by atomic mass is 9.83. The Kier molecular flexibility index (Phi) is 4.00. The second-order valence-corrected chi connectivity index (χ2v) is 3.99. The van der Waals surface area contributed by atoms with Gasteiger partial charge in [0.2, 0.25) is 0 Å². The van der Waals surface area contributed by atoms with Gasteiger partial charge >= 0.3 is 0 Å². The van der Waals surface area contributed by atoms with Crippen LogP contribution in [0.2, 0.25) is 0 Å². The van der Waals surface area contributed by atoms with Crippen LogP contribution in [0, 0.1) is 11.8 Å². The van der Waals surface area contributed by atoms with Gasteiger partial charge in [-0.15, -0.1) is 0 Å². The van der Waals surface area contributed by atoms with Crippen LogP contribution in [-0.4, -0.2) is 11.5 Å². The van der Waals surface area contributed by atoms with Gasteiger partial charge < -0.3 is 0 Å². The van der Waals surface area contributed by atoms with Crippen molar-refractivity contribution in [2.45, 2.75) is 25.7 Å². The Morgan fingerprint density at radius 1 is 1.00 bits per heavy atom. The summed E-state index contributed by atoms with van der Waals surface area (Å²) in [5.74, 6) is 3.91. The number of hydrogen-bond donors (Lipinski definition) is 2. The lowest BCUT2D eigenvalue weighted by Gasteiger charge is -2.26. The van der Waals surface area contributed by atoms with Gasteiger partial charge in [-0.3, -0.25) is 0 Å². The first-order valence-electron chi connectivity index (χ1n) is 4.08. The first-order valence-corrected chi connectivity index (χ1v) is 5.35. The fraction of sp³-hybridized carbons (Fsp3) is 1.00. The molecule has 2 atom stereocenters. The van der Waals surface area contributed by atoms with Crippen LogP contribution in [0.5, 0.6) is 0 Å². The molecule has 0 heterocycles. The Hall–Kier alpha value is 0.700. The molecule has 1 saturated carbocycles. The summed E-state index contributed by atoms with van der Waals surface area (Å²) in [6.45, 7) is 0. The van der Waals surface area contributed by atoms with Crippen molar-refractivity contribution in [3.63, 3.8) is 0 Å². The topological polar surface area (TPSA) is 0 Å². The van der Waals surface area contributed by atoms with Crippen LogP contribution in [0.15, 0.2) is 0 Å². The highest BCUT2D eigenvalue weighted by Crippen LogP contribution is 2.29. The Morgan fingerprint density at radius 3 is 1.90 bits per heavy atom. The molecule has 0 saturated heterocycles. The summed E-state index contributed by atoms with van der Waals surface area (Å²) in [5, 5.41) is 0. The first-order chi connectivity index (χ1) is 4.86. The summed E-state index contributed by atoms with van der Waals surface area (Å²) in [6.07, 6.45) is 5.56. The molecular weight excluding hydrogens is 160 g/mol. The Balaban J connectivity index is 2.25. The lowest BCUT2D eigenvalue weighted by Crippen LogP contribution is -2.17. The minimum Gasteiger partial charge on any atom is -0.179 e. The molecule has 0 aromatic carbocycles. The molecule has 1 aliphatic carbocycles. The summed E-state index contributed by atoms with van der Waals surface area (Å²) in [4.78, 5) is 0. The monoisotopic (exact) mass is 176 g/mol. The van der Waals surface area contributed by atoms with Crippen molar-refractivity contribution in [1.29, 1.82) is 0 Å². The van der Waals surface area contributed by atoms with E-state index < -0.39 is 0 Å². The van der Waals surface area contributed by atoms with Crippen LogP contribution >= 0.6 is 25.3 Å². The van der Waals surface area contributed by atoms with Crippen molar-refractivity contribution >= 4 is 25.3 Å². The molecule has 0 nitrogen and oxygen atoms in total. The molecule has 0 N–H and O–H groups in total. The molecule has 0 amide bonds. The highest BCUT2D eigenvalue weighted by molar-refractivity contribution is 7.80. The van der Waals surface area contributed by atoms with Crippen molar-refractivity contribution in [1.82, 2.24) is 0 Å². The molecule has 0 spiro atoms. The third kappa shape index (κ3) is 2.39. The standard InChI is InChI=1S/C8H16S2/c9-5-7-2-1-3-8(4-7)6-10/h7-10H,1-6H2/t7-,8-/m0/s1. The van der Waals surface area contributed by atoms with E-state index in [0.29, 0.717) is 0 Å². The third-order valence-electron chi connectivity index (χ3n) is 2.41. The lowest BCUT2D eigenvalue weighted by molar-refractivity contribution is 0.310. The SMILES string of the molecule is SC[C@H]1CCC[C@H](CS)C1. The summed E-state index contributed by atoms with van der Waals surface area (Å²) in [6, 6.07) is 0. The van der Waals surface area contributed by atoms with Crippen LogP contribution in [-0.2, 0) is 0 Å². The molecule has 10 heavy (non-hydrogen) atoms. The second kappa shape index (κ2) is 4.55. The van der Waals surface area contributed by atoms with E-state index in [1.165, 1.54) is 25.7 Å². The number of thiol groups is 2.